The number of hydrogen-bond acceptors (Lipinski definition) is 6. The van der Waals surface area contributed by atoms with E-state index in [9.17, 15) is 19.2 Å². The lowest BCUT2D eigenvalue weighted by Gasteiger charge is -2.19. The molecule has 0 unspecified atom stereocenters. The zero-order chi connectivity index (χ0) is 24.1. The number of carbonyl (C=O) groups excluding carboxylic acids is 4. The van der Waals surface area contributed by atoms with Crippen LogP contribution in [0.4, 0.5) is 10.5 Å². The van der Waals surface area contributed by atoms with Gasteiger partial charge in [-0.1, -0.05) is 12.1 Å². The minimum Gasteiger partial charge on any atom is -0.461 e. The number of esters is 1. The maximum atomic E-state index is 13.1. The van der Waals surface area contributed by atoms with E-state index in [0.29, 0.717) is 28.1 Å². The Morgan fingerprint density at radius 1 is 1.09 bits per heavy atom. The van der Waals surface area contributed by atoms with E-state index in [2.05, 4.69) is 15.6 Å². The number of aryl methyl sites for hydroxylation is 1. The number of aromatic nitrogens is 1. The van der Waals surface area contributed by atoms with E-state index < -0.39 is 23.6 Å². The number of amides is 2. The topological polar surface area (TPSA) is 127 Å². The number of carbonyl (C=O) groups is 4. The summed E-state index contributed by atoms with van der Waals surface area (Å²) in [6.07, 6.45) is -0.701. The second-order valence-corrected chi connectivity index (χ2v) is 8.16. The molecule has 9 heteroatoms. The predicted octanol–water partition coefficient (Wildman–Crippen LogP) is 3.50. The molecule has 1 aromatic carbocycles. The third-order valence-electron chi connectivity index (χ3n) is 4.34. The van der Waals surface area contributed by atoms with Crippen LogP contribution in [0.3, 0.4) is 0 Å². The van der Waals surface area contributed by atoms with Crippen molar-refractivity contribution in [2.45, 2.75) is 47.1 Å². The molecule has 0 aliphatic rings. The van der Waals surface area contributed by atoms with Crippen LogP contribution in [0.15, 0.2) is 24.3 Å². The van der Waals surface area contributed by atoms with Gasteiger partial charge in [-0.25, -0.2) is 9.59 Å². The highest BCUT2D eigenvalue weighted by atomic mass is 16.6. The van der Waals surface area contributed by atoms with Crippen molar-refractivity contribution in [2.24, 2.45) is 0 Å². The van der Waals surface area contributed by atoms with Gasteiger partial charge in [0.2, 0.25) is 5.91 Å². The van der Waals surface area contributed by atoms with E-state index in [-0.39, 0.29) is 24.6 Å². The molecule has 2 rings (SSSR count). The Hall–Kier alpha value is -3.62. The molecule has 0 fully saturated rings. The number of benzene rings is 1. The first-order chi connectivity index (χ1) is 14.9. The Morgan fingerprint density at radius 3 is 2.41 bits per heavy atom. The molecular weight excluding hydrogens is 414 g/mol. The summed E-state index contributed by atoms with van der Waals surface area (Å²) >= 11 is 0. The minimum atomic E-state index is -0.701. The van der Waals surface area contributed by atoms with Crippen LogP contribution >= 0.6 is 0 Å². The highest BCUT2D eigenvalue weighted by Crippen LogP contribution is 2.23. The second-order valence-electron chi connectivity index (χ2n) is 8.16. The first kappa shape index (κ1) is 24.6. The van der Waals surface area contributed by atoms with Gasteiger partial charge in [0.05, 0.1) is 6.61 Å². The van der Waals surface area contributed by atoms with Crippen LogP contribution in [-0.4, -0.2) is 47.5 Å². The lowest BCUT2D eigenvalue weighted by molar-refractivity contribution is -0.115. The fraction of sp³-hybridized carbons (Fsp3) is 0.391. The Labute approximate surface area is 186 Å². The molecule has 0 atom stereocenters. The first-order valence-corrected chi connectivity index (χ1v) is 10.2. The fourth-order valence-electron chi connectivity index (χ4n) is 3.05. The zero-order valence-electron chi connectivity index (χ0n) is 19.2. The monoisotopic (exact) mass is 443 g/mol. The summed E-state index contributed by atoms with van der Waals surface area (Å²) in [7, 11) is 0. The lowest BCUT2D eigenvalue weighted by atomic mass is 9.99. The van der Waals surface area contributed by atoms with Crippen molar-refractivity contribution >= 4 is 29.4 Å². The van der Waals surface area contributed by atoms with E-state index in [1.54, 1.807) is 59.7 Å². The van der Waals surface area contributed by atoms with Crippen LogP contribution in [0.25, 0.3) is 0 Å². The van der Waals surface area contributed by atoms with Crippen LogP contribution in [-0.2, 0) is 14.3 Å². The minimum absolute atomic E-state index is 0.226. The maximum Gasteiger partial charge on any atom is 0.408 e. The van der Waals surface area contributed by atoms with Crippen LogP contribution in [0, 0.1) is 13.8 Å². The van der Waals surface area contributed by atoms with Crippen molar-refractivity contribution in [3.8, 4) is 0 Å². The van der Waals surface area contributed by atoms with Gasteiger partial charge in [-0.15, -0.1) is 0 Å². The number of anilines is 1. The van der Waals surface area contributed by atoms with Crippen LogP contribution in [0.1, 0.15) is 65.4 Å². The number of H-pyrrole nitrogens is 1. The molecule has 0 saturated heterocycles. The Morgan fingerprint density at radius 2 is 1.78 bits per heavy atom. The number of aromatic amines is 1. The van der Waals surface area contributed by atoms with E-state index in [4.69, 9.17) is 9.47 Å². The lowest BCUT2D eigenvalue weighted by Crippen LogP contribution is -2.37. The molecule has 1 heterocycles. The van der Waals surface area contributed by atoms with Gasteiger partial charge < -0.3 is 25.1 Å². The molecule has 0 radical (unpaired) electrons. The molecule has 0 spiro atoms. The normalized spacial score (nSPS) is 10.9. The van der Waals surface area contributed by atoms with Crippen molar-refractivity contribution in [2.75, 3.05) is 18.5 Å². The smallest absolute Gasteiger partial charge is 0.408 e. The molecule has 2 amide bonds. The quantitative estimate of drug-likeness (QED) is 0.444. The van der Waals surface area contributed by atoms with Gasteiger partial charge in [-0.05, 0) is 59.2 Å². The van der Waals surface area contributed by atoms with Gasteiger partial charge in [0.25, 0.3) is 0 Å². The third kappa shape index (κ3) is 6.44. The van der Waals surface area contributed by atoms with Gasteiger partial charge >= 0.3 is 12.1 Å². The molecule has 0 aliphatic heterocycles. The summed E-state index contributed by atoms with van der Waals surface area (Å²) < 4.78 is 10.1. The Kier molecular flexibility index (Phi) is 7.80. The van der Waals surface area contributed by atoms with Crippen molar-refractivity contribution in [1.82, 2.24) is 10.3 Å². The van der Waals surface area contributed by atoms with Crippen molar-refractivity contribution in [3.05, 3.63) is 52.3 Å². The molecule has 0 aliphatic carbocycles. The molecular formula is C23H29N3O6. The number of rotatable bonds is 7. The number of ketones is 1. The Bertz CT molecular complexity index is 1030. The average molecular weight is 444 g/mol. The molecule has 9 nitrogen and oxygen atoms in total. The first-order valence-electron chi connectivity index (χ1n) is 10.2. The number of nitrogens with one attached hydrogen (secondary N) is 3. The van der Waals surface area contributed by atoms with Gasteiger partial charge in [-0.2, -0.15) is 0 Å². The van der Waals surface area contributed by atoms with Gasteiger partial charge in [0.1, 0.15) is 17.8 Å². The molecule has 3 N–H and O–H groups in total. The van der Waals surface area contributed by atoms with E-state index in [1.807, 2.05) is 0 Å². The summed E-state index contributed by atoms with van der Waals surface area (Å²) in [4.78, 5) is 52.0. The highest BCUT2D eigenvalue weighted by Gasteiger charge is 2.24. The summed E-state index contributed by atoms with van der Waals surface area (Å²) in [6.45, 7) is 10.2. The average Bonchev–Trinajstić information content (AvgIpc) is 2.99. The fourth-order valence-corrected chi connectivity index (χ4v) is 3.05. The van der Waals surface area contributed by atoms with E-state index in [1.165, 1.54) is 6.07 Å². The molecule has 1 aromatic heterocycles. The standard InChI is InChI=1S/C23H29N3O6/c1-7-31-21(29)19-13(2)18(14(3)25-19)20(28)15-9-8-10-16(11-15)26-17(27)12-24-22(30)32-23(4,5)6/h8-11,25H,7,12H2,1-6H3,(H,24,30)(H,26,27). The highest BCUT2D eigenvalue weighted by molar-refractivity contribution is 6.12. The van der Waals surface area contributed by atoms with Gasteiger partial charge in [0, 0.05) is 22.5 Å². The van der Waals surface area contributed by atoms with Crippen LogP contribution in [0.5, 0.6) is 0 Å². The van der Waals surface area contributed by atoms with Crippen LogP contribution < -0.4 is 10.6 Å². The summed E-state index contributed by atoms with van der Waals surface area (Å²) in [5, 5.41) is 5.01. The molecule has 0 saturated carbocycles. The van der Waals surface area contributed by atoms with E-state index >= 15 is 0 Å². The summed E-state index contributed by atoms with van der Waals surface area (Å²) in [5.41, 5.74) is 1.73. The Balaban J connectivity index is 2.11. The summed E-state index contributed by atoms with van der Waals surface area (Å²) in [5.74, 6) is -1.29. The van der Waals surface area contributed by atoms with Crippen molar-refractivity contribution in [3.63, 3.8) is 0 Å². The molecule has 2 aromatic rings. The zero-order valence-corrected chi connectivity index (χ0v) is 19.2. The van der Waals surface area contributed by atoms with Gasteiger partial charge in [0.15, 0.2) is 5.78 Å². The van der Waals surface area contributed by atoms with Gasteiger partial charge in [-0.3, -0.25) is 9.59 Å². The third-order valence-corrected chi connectivity index (χ3v) is 4.34. The van der Waals surface area contributed by atoms with E-state index in [0.717, 1.165) is 0 Å². The molecule has 172 valence electrons. The number of hydrogen-bond donors (Lipinski definition) is 3. The van der Waals surface area contributed by atoms with Crippen molar-refractivity contribution in [1.29, 1.82) is 0 Å². The largest absolute Gasteiger partial charge is 0.461 e. The maximum absolute atomic E-state index is 13.1. The number of ether oxygens (including phenoxy) is 2. The second kappa shape index (κ2) is 10.1. The predicted molar refractivity (Wildman–Crippen MR) is 119 cm³/mol. The van der Waals surface area contributed by atoms with Crippen molar-refractivity contribution < 1.29 is 28.7 Å². The van der Waals surface area contributed by atoms with Crippen LogP contribution in [0.2, 0.25) is 0 Å². The SMILES string of the molecule is CCOC(=O)c1[nH]c(C)c(C(=O)c2cccc(NC(=O)CNC(=O)OC(C)(C)C)c2)c1C. The molecule has 32 heavy (non-hydrogen) atoms. The number of alkyl carbamates (subject to hydrolysis) is 1. The molecule has 0 bridgehead atoms. The summed E-state index contributed by atoms with van der Waals surface area (Å²) in [6, 6.07) is 6.41.